The molecule has 1 fully saturated rings. The molecule has 1 saturated heterocycles. The first kappa shape index (κ1) is 21.9. The van der Waals surface area contributed by atoms with Crippen LogP contribution in [-0.4, -0.2) is 38.4 Å². The summed E-state index contributed by atoms with van der Waals surface area (Å²) in [4.78, 5) is 24.2. The maximum atomic E-state index is 12.3. The number of hydrogen-bond acceptors (Lipinski definition) is 4. The van der Waals surface area contributed by atoms with Crippen LogP contribution < -0.4 is 15.4 Å². The molecule has 2 rings (SSSR count). The SMILES string of the molecule is COc1ccc(Br)cc1C(=O)CCC(=O)NCCC1CCCNC1.Cl. The van der Waals surface area contributed by atoms with Crippen molar-refractivity contribution < 1.29 is 14.3 Å². The molecule has 7 heteroatoms. The molecule has 0 aromatic heterocycles. The highest BCUT2D eigenvalue weighted by atomic mass is 79.9. The molecule has 0 spiro atoms. The van der Waals surface area contributed by atoms with Crippen LogP contribution in [0.15, 0.2) is 22.7 Å². The summed E-state index contributed by atoms with van der Waals surface area (Å²) in [6.45, 7) is 2.82. The molecule has 1 aliphatic rings. The molecule has 2 N–H and O–H groups in total. The second-order valence-electron chi connectivity index (χ2n) is 6.12. The van der Waals surface area contributed by atoms with Crippen molar-refractivity contribution in [1.82, 2.24) is 10.6 Å². The van der Waals surface area contributed by atoms with E-state index < -0.39 is 0 Å². The number of Topliss-reactive ketones (excluding diaryl/α,β-unsaturated/α-hetero) is 1. The molecular formula is C18H26BrClN2O3. The number of hydrogen-bond donors (Lipinski definition) is 2. The first-order valence-electron chi connectivity index (χ1n) is 8.44. The zero-order valence-electron chi connectivity index (χ0n) is 14.5. The molecule has 1 heterocycles. The van der Waals surface area contributed by atoms with Crippen LogP contribution in [0.25, 0.3) is 0 Å². The zero-order valence-corrected chi connectivity index (χ0v) is 16.9. The molecule has 1 unspecified atom stereocenters. The molecule has 1 aromatic carbocycles. The van der Waals surface area contributed by atoms with E-state index >= 15 is 0 Å². The second kappa shape index (κ2) is 11.5. The number of ketones is 1. The third-order valence-corrected chi connectivity index (χ3v) is 4.81. The maximum absolute atomic E-state index is 12.3. The summed E-state index contributed by atoms with van der Waals surface area (Å²) < 4.78 is 6.03. The Bertz CT molecular complexity index is 577. The van der Waals surface area contributed by atoms with E-state index in [1.807, 2.05) is 6.07 Å². The minimum atomic E-state index is -0.0835. The highest BCUT2D eigenvalue weighted by Gasteiger charge is 2.15. The first-order valence-corrected chi connectivity index (χ1v) is 9.23. The van der Waals surface area contributed by atoms with Gasteiger partial charge in [0.05, 0.1) is 12.7 Å². The lowest BCUT2D eigenvalue weighted by Gasteiger charge is -2.22. The molecular weight excluding hydrogens is 408 g/mol. The normalized spacial score (nSPS) is 16.6. The summed E-state index contributed by atoms with van der Waals surface area (Å²) >= 11 is 3.35. The standard InChI is InChI=1S/C18H25BrN2O3.ClH/c1-24-17-6-4-14(19)11-15(17)16(22)5-7-18(23)21-10-8-13-3-2-9-20-12-13;/h4,6,11,13,20H,2-3,5,7-10,12H2,1H3,(H,21,23);1H. The third kappa shape index (κ3) is 7.34. The Morgan fingerprint density at radius 2 is 2.16 bits per heavy atom. The summed E-state index contributed by atoms with van der Waals surface area (Å²) in [5, 5.41) is 6.29. The van der Waals surface area contributed by atoms with Crippen molar-refractivity contribution in [1.29, 1.82) is 0 Å². The average molecular weight is 434 g/mol. The van der Waals surface area contributed by atoms with E-state index in [2.05, 4.69) is 26.6 Å². The van der Waals surface area contributed by atoms with Gasteiger partial charge in [0.15, 0.2) is 5.78 Å². The number of halogens is 2. The predicted molar refractivity (Wildman–Crippen MR) is 105 cm³/mol. The van der Waals surface area contributed by atoms with Gasteiger partial charge in [-0.1, -0.05) is 15.9 Å². The number of ether oxygens (including phenoxy) is 1. The molecule has 25 heavy (non-hydrogen) atoms. The van der Waals surface area contributed by atoms with Crippen LogP contribution in [0.4, 0.5) is 0 Å². The van der Waals surface area contributed by atoms with Crippen LogP contribution >= 0.6 is 28.3 Å². The lowest BCUT2D eigenvalue weighted by molar-refractivity contribution is -0.121. The van der Waals surface area contributed by atoms with E-state index in [0.717, 1.165) is 24.0 Å². The quantitative estimate of drug-likeness (QED) is 0.617. The van der Waals surface area contributed by atoms with Gasteiger partial charge in [-0.2, -0.15) is 0 Å². The van der Waals surface area contributed by atoms with Gasteiger partial charge in [-0.3, -0.25) is 9.59 Å². The summed E-state index contributed by atoms with van der Waals surface area (Å²) in [5.41, 5.74) is 0.507. The Hall–Kier alpha value is -1.11. The van der Waals surface area contributed by atoms with Crippen molar-refractivity contribution in [2.75, 3.05) is 26.7 Å². The topological polar surface area (TPSA) is 67.4 Å². The van der Waals surface area contributed by atoms with Crippen molar-refractivity contribution >= 4 is 40.0 Å². The fraction of sp³-hybridized carbons (Fsp3) is 0.556. The predicted octanol–water partition coefficient (Wildman–Crippen LogP) is 3.35. The molecule has 1 aliphatic heterocycles. The van der Waals surface area contributed by atoms with Gasteiger partial charge in [0.25, 0.3) is 0 Å². The van der Waals surface area contributed by atoms with E-state index in [4.69, 9.17) is 4.74 Å². The van der Waals surface area contributed by atoms with Gasteiger partial charge in [0.1, 0.15) is 5.75 Å². The number of nitrogens with one attached hydrogen (secondary N) is 2. The second-order valence-corrected chi connectivity index (χ2v) is 7.03. The van der Waals surface area contributed by atoms with Crippen molar-refractivity contribution in [3.8, 4) is 5.75 Å². The lowest BCUT2D eigenvalue weighted by Crippen LogP contribution is -2.33. The summed E-state index contributed by atoms with van der Waals surface area (Å²) in [5.74, 6) is 1.03. The smallest absolute Gasteiger partial charge is 0.220 e. The molecule has 140 valence electrons. The van der Waals surface area contributed by atoms with Crippen LogP contribution in [0.1, 0.15) is 42.5 Å². The molecule has 1 amide bonds. The number of benzene rings is 1. The number of rotatable bonds is 8. The molecule has 5 nitrogen and oxygen atoms in total. The van der Waals surface area contributed by atoms with E-state index in [-0.39, 0.29) is 36.9 Å². The molecule has 0 bridgehead atoms. The van der Waals surface area contributed by atoms with Crippen LogP contribution in [-0.2, 0) is 4.79 Å². The van der Waals surface area contributed by atoms with Crippen LogP contribution in [0, 0.1) is 5.92 Å². The van der Waals surface area contributed by atoms with Gasteiger partial charge in [-0.25, -0.2) is 0 Å². The van der Waals surface area contributed by atoms with Gasteiger partial charge in [0.2, 0.25) is 5.91 Å². The Balaban J connectivity index is 0.00000312. The Morgan fingerprint density at radius 1 is 1.36 bits per heavy atom. The van der Waals surface area contributed by atoms with E-state index in [9.17, 15) is 9.59 Å². The van der Waals surface area contributed by atoms with Gasteiger partial charge >= 0.3 is 0 Å². The van der Waals surface area contributed by atoms with Crippen molar-refractivity contribution in [2.24, 2.45) is 5.92 Å². The van der Waals surface area contributed by atoms with E-state index in [1.165, 1.54) is 20.0 Å². The fourth-order valence-corrected chi connectivity index (χ4v) is 3.30. The monoisotopic (exact) mass is 432 g/mol. The minimum absolute atomic E-state index is 0. The molecule has 0 aliphatic carbocycles. The fourth-order valence-electron chi connectivity index (χ4n) is 2.93. The van der Waals surface area contributed by atoms with Gasteiger partial charge in [0, 0.05) is 23.9 Å². The van der Waals surface area contributed by atoms with Gasteiger partial charge in [-0.05, 0) is 56.5 Å². The number of amides is 1. The van der Waals surface area contributed by atoms with E-state index in [1.54, 1.807) is 12.1 Å². The molecule has 0 saturated carbocycles. The van der Waals surface area contributed by atoms with Crippen molar-refractivity contribution in [3.05, 3.63) is 28.2 Å². The minimum Gasteiger partial charge on any atom is -0.496 e. The summed E-state index contributed by atoms with van der Waals surface area (Å²) in [6, 6.07) is 5.30. The Labute approximate surface area is 163 Å². The molecule has 1 aromatic rings. The number of piperidine rings is 1. The lowest BCUT2D eigenvalue weighted by atomic mass is 9.96. The largest absolute Gasteiger partial charge is 0.496 e. The third-order valence-electron chi connectivity index (χ3n) is 4.31. The highest BCUT2D eigenvalue weighted by molar-refractivity contribution is 9.10. The number of carbonyl (C=O) groups excluding carboxylic acids is 2. The molecule has 0 radical (unpaired) electrons. The molecule has 1 atom stereocenters. The number of methoxy groups -OCH3 is 1. The average Bonchev–Trinajstić information content (AvgIpc) is 2.60. The van der Waals surface area contributed by atoms with Crippen LogP contribution in [0.5, 0.6) is 5.75 Å². The van der Waals surface area contributed by atoms with Crippen LogP contribution in [0.2, 0.25) is 0 Å². The summed E-state index contributed by atoms with van der Waals surface area (Å²) in [6.07, 6.45) is 3.82. The van der Waals surface area contributed by atoms with Crippen molar-refractivity contribution in [2.45, 2.75) is 32.1 Å². The number of carbonyl (C=O) groups is 2. The zero-order chi connectivity index (χ0) is 17.4. The Kier molecular flexibility index (Phi) is 10.1. The van der Waals surface area contributed by atoms with Gasteiger partial charge < -0.3 is 15.4 Å². The Morgan fingerprint density at radius 3 is 2.84 bits per heavy atom. The van der Waals surface area contributed by atoms with Gasteiger partial charge in [-0.15, -0.1) is 12.4 Å². The summed E-state index contributed by atoms with van der Waals surface area (Å²) in [7, 11) is 1.53. The maximum Gasteiger partial charge on any atom is 0.220 e. The van der Waals surface area contributed by atoms with Crippen molar-refractivity contribution in [3.63, 3.8) is 0 Å². The van der Waals surface area contributed by atoms with E-state index in [0.29, 0.717) is 23.8 Å². The first-order chi connectivity index (χ1) is 11.6. The van der Waals surface area contributed by atoms with Crippen LogP contribution in [0.3, 0.4) is 0 Å². The highest BCUT2D eigenvalue weighted by Crippen LogP contribution is 2.24.